The first-order chi connectivity index (χ1) is 10.6. The van der Waals surface area contributed by atoms with Crippen LogP contribution in [-0.4, -0.2) is 49.1 Å². The van der Waals surface area contributed by atoms with Gasteiger partial charge in [0.15, 0.2) is 5.96 Å². The molecule has 2 N–H and O–H groups in total. The van der Waals surface area contributed by atoms with Crippen molar-refractivity contribution in [2.75, 3.05) is 26.2 Å². The number of nitrogens with one attached hydrogen (secondary N) is 2. The number of guanidine groups is 1. The van der Waals surface area contributed by atoms with Gasteiger partial charge in [0, 0.05) is 38.3 Å². The summed E-state index contributed by atoms with van der Waals surface area (Å²) < 4.78 is 0. The van der Waals surface area contributed by atoms with E-state index >= 15 is 0 Å². The van der Waals surface area contributed by atoms with Crippen LogP contribution in [0.4, 0.5) is 0 Å². The number of aliphatic imine (C=N–C) groups is 1. The highest BCUT2D eigenvalue weighted by Crippen LogP contribution is 2.20. The molecule has 0 saturated carbocycles. The van der Waals surface area contributed by atoms with E-state index in [0.29, 0.717) is 18.0 Å². The smallest absolute Gasteiger partial charge is 0.191 e. The molecule has 0 aromatic heterocycles. The van der Waals surface area contributed by atoms with Crippen LogP contribution in [0.25, 0.3) is 0 Å². The largest absolute Gasteiger partial charge is 0.357 e. The van der Waals surface area contributed by atoms with Crippen LogP contribution in [-0.2, 0) is 0 Å². The Balaban J connectivity index is 1.84. The summed E-state index contributed by atoms with van der Waals surface area (Å²) in [5, 5.41) is 7.06. The number of allylic oxidation sites excluding steroid dienone is 1. The van der Waals surface area contributed by atoms with Crippen molar-refractivity contribution in [2.24, 2.45) is 10.9 Å². The van der Waals surface area contributed by atoms with E-state index in [0.717, 1.165) is 32.0 Å². The molecule has 2 aliphatic rings. The van der Waals surface area contributed by atoms with E-state index in [1.54, 1.807) is 5.57 Å². The van der Waals surface area contributed by atoms with Crippen LogP contribution in [0.5, 0.6) is 0 Å². The third kappa shape index (κ3) is 5.01. The van der Waals surface area contributed by atoms with E-state index in [9.17, 15) is 0 Å². The second-order valence-corrected chi connectivity index (χ2v) is 7.04. The molecule has 0 aromatic carbocycles. The van der Waals surface area contributed by atoms with Gasteiger partial charge in [-0.15, -0.1) is 0 Å². The van der Waals surface area contributed by atoms with Crippen LogP contribution >= 0.6 is 0 Å². The second-order valence-electron chi connectivity index (χ2n) is 7.04. The Morgan fingerprint density at radius 1 is 1.41 bits per heavy atom. The predicted molar refractivity (Wildman–Crippen MR) is 95.3 cm³/mol. The lowest BCUT2D eigenvalue weighted by Crippen LogP contribution is -2.46. The molecule has 0 radical (unpaired) electrons. The minimum atomic E-state index is 0.505. The van der Waals surface area contributed by atoms with Crippen molar-refractivity contribution in [3.8, 4) is 0 Å². The molecular formula is C18H34N4. The highest BCUT2D eigenvalue weighted by molar-refractivity contribution is 5.80. The van der Waals surface area contributed by atoms with Gasteiger partial charge in [-0.25, -0.2) is 0 Å². The zero-order chi connectivity index (χ0) is 15.9. The highest BCUT2D eigenvalue weighted by Gasteiger charge is 2.31. The van der Waals surface area contributed by atoms with E-state index in [1.165, 1.54) is 25.8 Å². The maximum atomic E-state index is 4.78. The predicted octanol–water partition coefficient (Wildman–Crippen LogP) is 2.77. The fourth-order valence-electron chi connectivity index (χ4n) is 3.39. The average Bonchev–Trinajstić information content (AvgIpc) is 3.10. The van der Waals surface area contributed by atoms with Crippen molar-refractivity contribution in [1.29, 1.82) is 0 Å². The van der Waals surface area contributed by atoms with Crippen LogP contribution in [0.2, 0.25) is 0 Å². The van der Waals surface area contributed by atoms with Gasteiger partial charge in [0.25, 0.3) is 0 Å². The van der Waals surface area contributed by atoms with Gasteiger partial charge in [-0.2, -0.15) is 0 Å². The van der Waals surface area contributed by atoms with Gasteiger partial charge in [0.2, 0.25) is 0 Å². The highest BCUT2D eigenvalue weighted by atomic mass is 15.3. The summed E-state index contributed by atoms with van der Waals surface area (Å²) in [5.41, 5.74) is 1.60. The van der Waals surface area contributed by atoms with Crippen LogP contribution < -0.4 is 10.6 Å². The normalized spacial score (nSPS) is 26.6. The fourth-order valence-corrected chi connectivity index (χ4v) is 3.39. The Labute approximate surface area is 136 Å². The van der Waals surface area contributed by atoms with Crippen molar-refractivity contribution in [3.63, 3.8) is 0 Å². The van der Waals surface area contributed by atoms with Gasteiger partial charge in [0.1, 0.15) is 0 Å². The van der Waals surface area contributed by atoms with Gasteiger partial charge in [-0.05, 0) is 52.4 Å². The molecule has 126 valence electrons. The third-order valence-corrected chi connectivity index (χ3v) is 4.88. The fraction of sp³-hybridized carbons (Fsp3) is 0.833. The molecule has 0 bridgehead atoms. The Kier molecular flexibility index (Phi) is 6.74. The standard InChI is InChI=1S/C18H34N4/c1-5-19-18(20-11-10-16-8-6-7-9-16)21-17-13-22(14(2)3)12-15(17)4/h8,14-15,17H,5-7,9-13H2,1-4H3,(H2,19,20,21). The average molecular weight is 306 g/mol. The molecule has 0 spiro atoms. The summed E-state index contributed by atoms with van der Waals surface area (Å²) >= 11 is 0. The maximum Gasteiger partial charge on any atom is 0.191 e. The van der Waals surface area contributed by atoms with Crippen molar-refractivity contribution in [3.05, 3.63) is 11.6 Å². The van der Waals surface area contributed by atoms with Crippen molar-refractivity contribution < 1.29 is 0 Å². The van der Waals surface area contributed by atoms with E-state index < -0.39 is 0 Å². The topological polar surface area (TPSA) is 39.7 Å². The zero-order valence-electron chi connectivity index (χ0n) is 14.9. The van der Waals surface area contributed by atoms with E-state index in [-0.39, 0.29) is 0 Å². The summed E-state index contributed by atoms with van der Waals surface area (Å²) in [6.45, 7) is 13.2. The molecule has 2 unspecified atom stereocenters. The van der Waals surface area contributed by atoms with E-state index in [1.807, 2.05) is 0 Å². The molecule has 1 fully saturated rings. The Bertz CT molecular complexity index is 400. The molecule has 4 nitrogen and oxygen atoms in total. The lowest BCUT2D eigenvalue weighted by Gasteiger charge is -2.22. The molecule has 4 heteroatoms. The first kappa shape index (κ1) is 17.3. The monoisotopic (exact) mass is 306 g/mol. The first-order valence-corrected chi connectivity index (χ1v) is 9.07. The number of hydrogen-bond acceptors (Lipinski definition) is 2. The second kappa shape index (κ2) is 8.56. The zero-order valence-corrected chi connectivity index (χ0v) is 14.9. The molecule has 1 aliphatic heterocycles. The van der Waals surface area contributed by atoms with Crippen LogP contribution in [0.15, 0.2) is 16.6 Å². The minimum absolute atomic E-state index is 0.505. The molecule has 1 aliphatic carbocycles. The first-order valence-electron chi connectivity index (χ1n) is 9.07. The summed E-state index contributed by atoms with van der Waals surface area (Å²) in [6, 6.07) is 1.13. The Morgan fingerprint density at radius 3 is 2.82 bits per heavy atom. The summed E-state index contributed by atoms with van der Waals surface area (Å²) in [5.74, 6) is 1.66. The van der Waals surface area contributed by atoms with Gasteiger partial charge >= 0.3 is 0 Å². The SMILES string of the molecule is CCNC(=NCCC1=CCCC1)NC1CN(C(C)C)CC1C. The van der Waals surface area contributed by atoms with Gasteiger partial charge in [0.05, 0.1) is 0 Å². The molecule has 2 rings (SSSR count). The van der Waals surface area contributed by atoms with Crippen molar-refractivity contribution >= 4 is 5.96 Å². The van der Waals surface area contributed by atoms with Gasteiger partial charge < -0.3 is 10.6 Å². The quantitative estimate of drug-likeness (QED) is 0.450. The molecule has 1 heterocycles. The van der Waals surface area contributed by atoms with Crippen molar-refractivity contribution in [2.45, 2.75) is 65.5 Å². The molecule has 0 amide bonds. The van der Waals surface area contributed by atoms with Crippen LogP contribution in [0, 0.1) is 5.92 Å². The molecule has 22 heavy (non-hydrogen) atoms. The van der Waals surface area contributed by atoms with E-state index in [2.05, 4.69) is 49.3 Å². The van der Waals surface area contributed by atoms with E-state index in [4.69, 9.17) is 4.99 Å². The van der Waals surface area contributed by atoms with Crippen LogP contribution in [0.3, 0.4) is 0 Å². The van der Waals surface area contributed by atoms with Gasteiger partial charge in [-0.3, -0.25) is 9.89 Å². The Morgan fingerprint density at radius 2 is 2.23 bits per heavy atom. The molecule has 1 saturated heterocycles. The maximum absolute atomic E-state index is 4.78. The number of nitrogens with zero attached hydrogens (tertiary/aromatic N) is 2. The molecule has 2 atom stereocenters. The van der Waals surface area contributed by atoms with Crippen LogP contribution in [0.1, 0.15) is 53.4 Å². The molecule has 0 aromatic rings. The number of hydrogen-bond donors (Lipinski definition) is 2. The Hall–Kier alpha value is -1.03. The third-order valence-electron chi connectivity index (χ3n) is 4.88. The summed E-state index contributed by atoms with van der Waals surface area (Å²) in [4.78, 5) is 7.33. The summed E-state index contributed by atoms with van der Waals surface area (Å²) in [6.07, 6.45) is 7.40. The lowest BCUT2D eigenvalue weighted by atomic mass is 10.1. The number of rotatable bonds is 6. The van der Waals surface area contributed by atoms with Crippen molar-refractivity contribution in [1.82, 2.24) is 15.5 Å². The summed E-state index contributed by atoms with van der Waals surface area (Å²) in [7, 11) is 0. The van der Waals surface area contributed by atoms with Gasteiger partial charge in [-0.1, -0.05) is 18.6 Å². The lowest BCUT2D eigenvalue weighted by molar-refractivity contribution is 0.265. The number of likely N-dealkylation sites (tertiary alicyclic amines) is 1. The molecular weight excluding hydrogens is 272 g/mol. The minimum Gasteiger partial charge on any atom is -0.357 e.